The van der Waals surface area contributed by atoms with Gasteiger partial charge >= 0.3 is 6.09 Å². The molecule has 140 valence electrons. The number of halogens is 3. The highest BCUT2D eigenvalue weighted by Crippen LogP contribution is 2.27. The molecule has 0 aromatic heterocycles. The van der Waals surface area contributed by atoms with Crippen LogP contribution in [0.2, 0.25) is 5.02 Å². The van der Waals surface area contributed by atoms with Crippen molar-refractivity contribution in [2.45, 2.75) is 57.8 Å². The smallest absolute Gasteiger partial charge is 0.411 e. The van der Waals surface area contributed by atoms with Crippen molar-refractivity contribution in [1.82, 2.24) is 10.2 Å². The lowest BCUT2D eigenvalue weighted by Crippen LogP contribution is -2.47. The van der Waals surface area contributed by atoms with Gasteiger partial charge < -0.3 is 4.74 Å². The molecule has 0 bridgehead atoms. The molecular weight excluding hydrogens is 366 g/mol. The first kappa shape index (κ1) is 20.3. The first-order valence-corrected chi connectivity index (χ1v) is 9.39. The number of nitrogens with zero attached hydrogens (tertiary/aromatic N) is 1. The van der Waals surface area contributed by atoms with Gasteiger partial charge in [0.2, 0.25) is 0 Å². The Morgan fingerprint density at radius 3 is 2.80 bits per heavy atom. The molecule has 7 heteroatoms. The summed E-state index contributed by atoms with van der Waals surface area (Å²) in [5.74, 6) is -0.0162. The largest absolute Gasteiger partial charge is 0.444 e. The molecule has 0 spiro atoms. The molecule has 1 saturated heterocycles. The molecule has 0 radical (unpaired) electrons. The molecular formula is C18H25Cl2FN2O2. The number of benzene rings is 1. The average molecular weight is 391 g/mol. The third-order valence-electron chi connectivity index (χ3n) is 4.02. The van der Waals surface area contributed by atoms with E-state index in [1.54, 1.807) is 17.0 Å². The van der Waals surface area contributed by atoms with Gasteiger partial charge in [-0.1, -0.05) is 17.7 Å². The second kappa shape index (κ2) is 8.56. The predicted octanol–water partition coefficient (Wildman–Crippen LogP) is 5.10. The van der Waals surface area contributed by atoms with Gasteiger partial charge in [-0.05, 0) is 57.7 Å². The van der Waals surface area contributed by atoms with Crippen LogP contribution in [0.25, 0.3) is 0 Å². The molecule has 2 rings (SSSR count). The number of likely N-dealkylation sites (tertiary alicyclic amines) is 1. The van der Waals surface area contributed by atoms with Gasteiger partial charge in [0.1, 0.15) is 11.4 Å². The molecule has 1 heterocycles. The zero-order valence-corrected chi connectivity index (χ0v) is 16.3. The molecule has 1 amide bonds. The van der Waals surface area contributed by atoms with Crippen LogP contribution in [0.4, 0.5) is 9.18 Å². The van der Waals surface area contributed by atoms with Crippen LogP contribution in [0.1, 0.15) is 51.6 Å². The Balaban J connectivity index is 2.12. The number of nitrogens with one attached hydrogen (secondary N) is 1. The van der Waals surface area contributed by atoms with E-state index in [0.29, 0.717) is 18.8 Å². The van der Waals surface area contributed by atoms with Gasteiger partial charge in [-0.3, -0.25) is 10.2 Å². The van der Waals surface area contributed by atoms with Crippen molar-refractivity contribution in [3.63, 3.8) is 0 Å². The van der Waals surface area contributed by atoms with Crippen molar-refractivity contribution < 1.29 is 13.9 Å². The maximum Gasteiger partial charge on any atom is 0.411 e. The van der Waals surface area contributed by atoms with Crippen molar-refractivity contribution in [2.24, 2.45) is 0 Å². The maximum atomic E-state index is 13.4. The normalized spacial score (nSPS) is 19.1. The highest BCUT2D eigenvalue weighted by molar-refractivity contribution is 6.30. The molecule has 1 unspecified atom stereocenters. The van der Waals surface area contributed by atoms with E-state index < -0.39 is 11.4 Å². The molecule has 1 aromatic rings. The van der Waals surface area contributed by atoms with E-state index in [2.05, 4.69) is 5.32 Å². The van der Waals surface area contributed by atoms with Crippen molar-refractivity contribution in [1.29, 1.82) is 0 Å². The van der Waals surface area contributed by atoms with E-state index in [-0.39, 0.29) is 23.3 Å². The third kappa shape index (κ3) is 5.73. The van der Waals surface area contributed by atoms with Crippen LogP contribution in [-0.2, 0) is 4.74 Å². The van der Waals surface area contributed by atoms with Crippen LogP contribution in [0, 0.1) is 5.82 Å². The van der Waals surface area contributed by atoms with Crippen LogP contribution >= 0.6 is 23.2 Å². The lowest BCUT2D eigenvalue weighted by molar-refractivity contribution is 0.0189. The van der Waals surface area contributed by atoms with E-state index in [9.17, 15) is 9.18 Å². The van der Waals surface area contributed by atoms with Crippen LogP contribution in [0.15, 0.2) is 18.2 Å². The summed E-state index contributed by atoms with van der Waals surface area (Å²) in [6.07, 6.45) is 1.89. The van der Waals surface area contributed by atoms with E-state index in [4.69, 9.17) is 27.9 Å². The fraction of sp³-hybridized carbons (Fsp3) is 0.611. The quantitative estimate of drug-likeness (QED) is 0.711. The van der Waals surface area contributed by atoms with E-state index in [0.717, 1.165) is 18.4 Å². The zero-order valence-electron chi connectivity index (χ0n) is 14.8. The topological polar surface area (TPSA) is 41.6 Å². The Labute approximate surface area is 158 Å². The van der Waals surface area contributed by atoms with Gasteiger partial charge in [0.15, 0.2) is 0 Å². The molecule has 2 atom stereocenters. The first-order chi connectivity index (χ1) is 11.7. The Kier molecular flexibility index (Phi) is 6.94. The highest BCUT2D eigenvalue weighted by Gasteiger charge is 2.33. The number of rotatable bonds is 5. The van der Waals surface area contributed by atoms with Crippen molar-refractivity contribution in [3.8, 4) is 0 Å². The van der Waals surface area contributed by atoms with Gasteiger partial charge in [-0.25, -0.2) is 9.18 Å². The fourth-order valence-corrected chi connectivity index (χ4v) is 3.30. The number of hydrogen-bond donors (Lipinski definition) is 1. The standard InChI is InChI=1S/C18H25Cl2FN2O2/c1-18(2,3)25-17(24)23-10-4-5-16(23)22-15(8-9-19)12-6-7-14(21)13(20)11-12/h6-7,11,15-16,22H,4-5,8-10H2,1-3H3/t15?,16-/m0/s1. The molecule has 1 N–H and O–H groups in total. The summed E-state index contributed by atoms with van der Waals surface area (Å²) in [5, 5.41) is 3.53. The minimum Gasteiger partial charge on any atom is -0.444 e. The average Bonchev–Trinajstić information content (AvgIpc) is 2.96. The number of alkyl halides is 1. The first-order valence-electron chi connectivity index (χ1n) is 8.48. The highest BCUT2D eigenvalue weighted by atomic mass is 35.5. The number of hydrogen-bond acceptors (Lipinski definition) is 3. The summed E-state index contributed by atoms with van der Waals surface area (Å²) in [6, 6.07) is 4.52. The lowest BCUT2D eigenvalue weighted by Gasteiger charge is -2.31. The minimum atomic E-state index is -0.537. The molecule has 0 aliphatic carbocycles. The molecule has 25 heavy (non-hydrogen) atoms. The number of carbonyl (C=O) groups excluding carboxylic acids is 1. The summed E-state index contributed by atoms with van der Waals surface area (Å²) in [7, 11) is 0. The number of ether oxygens (including phenoxy) is 1. The SMILES string of the molecule is CC(C)(C)OC(=O)N1CCC[C@H]1NC(CCCl)c1ccc(F)c(Cl)c1. The Bertz CT molecular complexity index is 607. The Morgan fingerprint density at radius 2 is 2.20 bits per heavy atom. The molecule has 4 nitrogen and oxygen atoms in total. The molecule has 0 saturated carbocycles. The molecule has 1 aromatic carbocycles. The fourth-order valence-electron chi connectivity index (χ4n) is 2.90. The Morgan fingerprint density at radius 1 is 1.48 bits per heavy atom. The van der Waals surface area contributed by atoms with E-state index in [1.807, 2.05) is 20.8 Å². The van der Waals surface area contributed by atoms with Gasteiger partial charge in [-0.2, -0.15) is 0 Å². The van der Waals surface area contributed by atoms with Crippen LogP contribution in [0.5, 0.6) is 0 Å². The molecule has 1 fully saturated rings. The van der Waals surface area contributed by atoms with Gasteiger partial charge in [0.25, 0.3) is 0 Å². The summed E-state index contributed by atoms with van der Waals surface area (Å²) >= 11 is 11.8. The third-order valence-corrected chi connectivity index (χ3v) is 4.53. The van der Waals surface area contributed by atoms with Gasteiger partial charge in [0, 0.05) is 18.5 Å². The number of amides is 1. The van der Waals surface area contributed by atoms with Gasteiger partial charge in [0.05, 0.1) is 11.2 Å². The van der Waals surface area contributed by atoms with Crippen LogP contribution < -0.4 is 5.32 Å². The van der Waals surface area contributed by atoms with Crippen molar-refractivity contribution in [3.05, 3.63) is 34.6 Å². The van der Waals surface area contributed by atoms with Crippen LogP contribution in [-0.4, -0.2) is 35.2 Å². The van der Waals surface area contributed by atoms with E-state index in [1.165, 1.54) is 6.07 Å². The lowest BCUT2D eigenvalue weighted by atomic mass is 10.0. The molecule has 1 aliphatic rings. The summed E-state index contributed by atoms with van der Waals surface area (Å²) < 4.78 is 18.9. The summed E-state index contributed by atoms with van der Waals surface area (Å²) in [4.78, 5) is 14.1. The number of carbonyl (C=O) groups is 1. The van der Waals surface area contributed by atoms with Gasteiger partial charge in [-0.15, -0.1) is 11.6 Å². The van der Waals surface area contributed by atoms with Crippen molar-refractivity contribution in [2.75, 3.05) is 12.4 Å². The summed E-state index contributed by atoms with van der Waals surface area (Å²) in [5.41, 5.74) is 0.313. The monoisotopic (exact) mass is 390 g/mol. The minimum absolute atomic E-state index is 0.0780. The van der Waals surface area contributed by atoms with E-state index >= 15 is 0 Å². The molecule has 1 aliphatic heterocycles. The zero-order chi connectivity index (χ0) is 18.6. The van der Waals surface area contributed by atoms with Crippen molar-refractivity contribution >= 4 is 29.3 Å². The summed E-state index contributed by atoms with van der Waals surface area (Å²) in [6.45, 7) is 6.19. The maximum absolute atomic E-state index is 13.4. The second-order valence-electron chi connectivity index (χ2n) is 7.20. The second-order valence-corrected chi connectivity index (χ2v) is 7.99. The predicted molar refractivity (Wildman–Crippen MR) is 98.6 cm³/mol. The van der Waals surface area contributed by atoms with Crippen LogP contribution in [0.3, 0.4) is 0 Å². The Hall–Kier alpha value is -1.04.